The van der Waals surface area contributed by atoms with Gasteiger partial charge < -0.3 is 0 Å². The zero-order valence-electron chi connectivity index (χ0n) is 5.55. The van der Waals surface area contributed by atoms with Gasteiger partial charge in [-0.2, -0.15) is 0 Å². The van der Waals surface area contributed by atoms with E-state index in [1.54, 1.807) is 0 Å². The Morgan fingerprint density at radius 3 is 2.67 bits per heavy atom. The molecule has 6 heteroatoms. The summed E-state index contributed by atoms with van der Waals surface area (Å²) in [6.07, 6.45) is 0. The van der Waals surface area contributed by atoms with Gasteiger partial charge >= 0.3 is 0 Å². The molecule has 0 amide bonds. The normalized spacial score (nSPS) is 9.92. The molecule has 64 valence electrons. The highest BCUT2D eigenvalue weighted by Gasteiger charge is 2.17. The second kappa shape index (κ2) is 3.37. The van der Waals surface area contributed by atoms with Gasteiger partial charge in [0.15, 0.2) is 10.8 Å². The molecule has 0 radical (unpaired) electrons. The Bertz CT molecular complexity index is 345. The minimum Gasteiger partial charge on any atom is -0.258 e. The lowest BCUT2D eigenvalue weighted by molar-refractivity contribution is -0.384. The van der Waals surface area contributed by atoms with Crippen molar-refractivity contribution in [1.29, 1.82) is 0 Å². The Morgan fingerprint density at radius 1 is 1.58 bits per heavy atom. The molecule has 0 unspecified atom stereocenters. The number of benzene rings is 1. The maximum absolute atomic E-state index is 12.9. The molecule has 0 aliphatic heterocycles. The summed E-state index contributed by atoms with van der Waals surface area (Å²) >= 11 is 8.19. The van der Waals surface area contributed by atoms with Crippen LogP contribution in [-0.2, 0) is 0 Å². The number of hydrogen-bond donors (Lipinski definition) is 0. The van der Waals surface area contributed by atoms with Gasteiger partial charge in [-0.1, -0.05) is 11.6 Å². The van der Waals surface area contributed by atoms with Crippen LogP contribution in [0.15, 0.2) is 16.6 Å². The molecule has 12 heavy (non-hydrogen) atoms. The van der Waals surface area contributed by atoms with E-state index in [1.165, 1.54) is 6.07 Å². The quantitative estimate of drug-likeness (QED) is 0.439. The summed E-state index contributed by atoms with van der Waals surface area (Å²) in [6.45, 7) is 0. The van der Waals surface area contributed by atoms with E-state index in [2.05, 4.69) is 15.9 Å². The highest BCUT2D eigenvalue weighted by Crippen LogP contribution is 2.31. The fourth-order valence-electron chi connectivity index (χ4n) is 0.657. The van der Waals surface area contributed by atoms with E-state index in [9.17, 15) is 14.5 Å². The fraction of sp³-hybridized carbons (Fsp3) is 0. The largest absolute Gasteiger partial charge is 0.290 e. The van der Waals surface area contributed by atoms with E-state index >= 15 is 0 Å². The van der Waals surface area contributed by atoms with Gasteiger partial charge in [-0.05, 0) is 22.0 Å². The van der Waals surface area contributed by atoms with Crippen molar-refractivity contribution < 1.29 is 9.31 Å². The standard InChI is InChI=1S/C6H2BrClFNO2/c7-3-1-2-4(10(11)12)5(8)6(3)9/h1-2H. The van der Waals surface area contributed by atoms with E-state index < -0.39 is 21.5 Å². The summed E-state index contributed by atoms with van der Waals surface area (Å²) < 4.78 is 13.0. The summed E-state index contributed by atoms with van der Waals surface area (Å²) in [6, 6.07) is 2.37. The first-order valence-electron chi connectivity index (χ1n) is 2.82. The second-order valence-corrected chi connectivity index (χ2v) is 3.18. The molecular weight excluding hydrogens is 252 g/mol. The Balaban J connectivity index is 3.36. The average molecular weight is 254 g/mol. The first-order chi connectivity index (χ1) is 5.54. The molecule has 1 aromatic rings. The molecule has 0 N–H and O–H groups in total. The molecule has 0 aromatic heterocycles. The van der Waals surface area contributed by atoms with E-state index in [1.807, 2.05) is 0 Å². The van der Waals surface area contributed by atoms with Gasteiger partial charge in [-0.25, -0.2) is 4.39 Å². The maximum Gasteiger partial charge on any atom is 0.290 e. The van der Waals surface area contributed by atoms with Crippen LogP contribution in [0.1, 0.15) is 0 Å². The average Bonchev–Trinajstić information content (AvgIpc) is 2.00. The summed E-state index contributed by atoms with van der Waals surface area (Å²) in [7, 11) is 0. The van der Waals surface area contributed by atoms with Crippen molar-refractivity contribution in [3.63, 3.8) is 0 Å². The van der Waals surface area contributed by atoms with Crippen molar-refractivity contribution in [3.8, 4) is 0 Å². The monoisotopic (exact) mass is 253 g/mol. The van der Waals surface area contributed by atoms with Crippen molar-refractivity contribution in [1.82, 2.24) is 0 Å². The molecule has 0 atom stereocenters. The predicted molar refractivity (Wildman–Crippen MR) is 45.8 cm³/mol. The second-order valence-electron chi connectivity index (χ2n) is 1.95. The topological polar surface area (TPSA) is 43.1 Å². The third-order valence-corrected chi connectivity index (χ3v) is 2.18. The lowest BCUT2D eigenvalue weighted by atomic mass is 10.3. The van der Waals surface area contributed by atoms with Gasteiger partial charge in [0.05, 0.1) is 9.40 Å². The van der Waals surface area contributed by atoms with Crippen LogP contribution in [0.5, 0.6) is 0 Å². The molecule has 3 nitrogen and oxygen atoms in total. The van der Waals surface area contributed by atoms with Gasteiger partial charge in [0.2, 0.25) is 0 Å². The maximum atomic E-state index is 12.9. The molecule has 0 aliphatic rings. The van der Waals surface area contributed by atoms with Crippen LogP contribution in [0.2, 0.25) is 5.02 Å². The molecular formula is C6H2BrClFNO2. The first-order valence-corrected chi connectivity index (χ1v) is 3.99. The number of rotatable bonds is 1. The van der Waals surface area contributed by atoms with Crippen LogP contribution >= 0.6 is 27.5 Å². The van der Waals surface area contributed by atoms with Crippen molar-refractivity contribution in [2.24, 2.45) is 0 Å². The zero-order chi connectivity index (χ0) is 9.30. The zero-order valence-corrected chi connectivity index (χ0v) is 7.89. The van der Waals surface area contributed by atoms with Crippen LogP contribution in [0.25, 0.3) is 0 Å². The summed E-state index contributed by atoms with van der Waals surface area (Å²) in [5.41, 5.74) is -0.433. The minimum atomic E-state index is -0.814. The molecule has 1 aromatic carbocycles. The number of nitro groups is 1. The fourth-order valence-corrected chi connectivity index (χ4v) is 1.34. The third kappa shape index (κ3) is 1.56. The highest BCUT2D eigenvalue weighted by molar-refractivity contribution is 9.10. The lowest BCUT2D eigenvalue weighted by Crippen LogP contribution is -1.91. The molecule has 0 aliphatic carbocycles. The number of halogens is 3. The Kier molecular flexibility index (Phi) is 2.64. The van der Waals surface area contributed by atoms with Crippen LogP contribution in [0, 0.1) is 15.9 Å². The minimum absolute atomic E-state index is 0.109. The molecule has 1 rings (SSSR count). The SMILES string of the molecule is O=[N+]([O-])c1ccc(Br)c(F)c1Cl. The van der Waals surface area contributed by atoms with Crippen LogP contribution in [0.4, 0.5) is 10.1 Å². The van der Waals surface area contributed by atoms with Crippen LogP contribution in [0.3, 0.4) is 0 Å². The summed E-state index contributed by atoms with van der Waals surface area (Å²) in [4.78, 5) is 9.49. The predicted octanol–water partition coefficient (Wildman–Crippen LogP) is 3.15. The third-order valence-electron chi connectivity index (χ3n) is 1.21. The van der Waals surface area contributed by atoms with E-state index in [-0.39, 0.29) is 4.47 Å². The first kappa shape index (κ1) is 9.41. The lowest BCUT2D eigenvalue weighted by Gasteiger charge is -1.97. The van der Waals surface area contributed by atoms with E-state index in [0.29, 0.717) is 0 Å². The molecule has 0 fully saturated rings. The summed E-state index contributed by atoms with van der Waals surface area (Å²) in [5, 5.41) is 9.75. The van der Waals surface area contributed by atoms with Crippen molar-refractivity contribution >= 4 is 33.2 Å². The van der Waals surface area contributed by atoms with Gasteiger partial charge in [-0.3, -0.25) is 10.1 Å². The molecule has 0 saturated carbocycles. The molecule has 0 bridgehead atoms. The number of nitro benzene ring substituents is 1. The van der Waals surface area contributed by atoms with Crippen molar-refractivity contribution in [2.75, 3.05) is 0 Å². The van der Waals surface area contributed by atoms with Gasteiger partial charge in [-0.15, -0.1) is 0 Å². The summed E-state index contributed by atoms with van der Waals surface area (Å²) in [5.74, 6) is -0.814. The Morgan fingerprint density at radius 2 is 2.17 bits per heavy atom. The van der Waals surface area contributed by atoms with Crippen molar-refractivity contribution in [2.45, 2.75) is 0 Å². The van der Waals surface area contributed by atoms with Gasteiger partial charge in [0, 0.05) is 6.07 Å². The Labute approximate surface area is 80.4 Å². The Hall–Kier alpha value is -0.680. The molecule has 0 spiro atoms. The van der Waals surface area contributed by atoms with Crippen molar-refractivity contribution in [3.05, 3.63) is 37.6 Å². The molecule has 0 saturated heterocycles. The van der Waals surface area contributed by atoms with Gasteiger partial charge in [0.1, 0.15) is 0 Å². The van der Waals surface area contributed by atoms with E-state index in [4.69, 9.17) is 11.6 Å². The number of nitrogens with zero attached hydrogens (tertiary/aromatic N) is 1. The molecule has 0 heterocycles. The smallest absolute Gasteiger partial charge is 0.258 e. The van der Waals surface area contributed by atoms with Crippen LogP contribution < -0.4 is 0 Å². The van der Waals surface area contributed by atoms with E-state index in [0.717, 1.165) is 6.07 Å². The van der Waals surface area contributed by atoms with Crippen LogP contribution in [-0.4, -0.2) is 4.92 Å². The van der Waals surface area contributed by atoms with Gasteiger partial charge in [0.25, 0.3) is 5.69 Å². The highest BCUT2D eigenvalue weighted by atomic mass is 79.9. The number of hydrogen-bond acceptors (Lipinski definition) is 2.